The number of nitrogens with two attached hydrogens (primary N) is 1. The highest BCUT2D eigenvalue weighted by Crippen LogP contribution is 2.28. The molecule has 1 saturated heterocycles. The molecular formula is C25H36N4O7. The van der Waals surface area contributed by atoms with E-state index in [-0.39, 0.29) is 11.9 Å². The predicted octanol–water partition coefficient (Wildman–Crippen LogP) is 2.00. The fourth-order valence-electron chi connectivity index (χ4n) is 3.44. The van der Waals surface area contributed by atoms with Gasteiger partial charge in [-0.05, 0) is 49.2 Å². The van der Waals surface area contributed by atoms with Gasteiger partial charge in [-0.15, -0.1) is 0 Å². The van der Waals surface area contributed by atoms with E-state index in [4.69, 9.17) is 35.0 Å². The molecule has 5 N–H and O–H groups in total. The Morgan fingerprint density at radius 2 is 1.86 bits per heavy atom. The maximum absolute atomic E-state index is 12.7. The number of methoxy groups -OCH3 is 1. The minimum atomic E-state index is -0.833. The van der Waals surface area contributed by atoms with Crippen LogP contribution in [0.3, 0.4) is 0 Å². The lowest BCUT2D eigenvalue weighted by Crippen LogP contribution is -2.47. The Balaban J connectivity index is 0.000000709. The van der Waals surface area contributed by atoms with Gasteiger partial charge in [-0.25, -0.2) is 0 Å². The fraction of sp³-hybridized carbons (Fsp3) is 0.440. The van der Waals surface area contributed by atoms with Crippen molar-refractivity contribution in [3.8, 4) is 11.5 Å². The first kappa shape index (κ1) is 30.3. The molecule has 36 heavy (non-hydrogen) atoms. The highest BCUT2D eigenvalue weighted by molar-refractivity contribution is 5.95. The van der Waals surface area contributed by atoms with Crippen molar-refractivity contribution >= 4 is 17.8 Å². The summed E-state index contributed by atoms with van der Waals surface area (Å²) in [6.45, 7) is 5.63. The lowest BCUT2D eigenvalue weighted by Gasteiger charge is -2.33. The number of benzene rings is 1. The van der Waals surface area contributed by atoms with E-state index in [2.05, 4.69) is 21.3 Å². The number of likely N-dealkylation sites (tertiary alicyclic amines) is 1. The molecule has 1 atom stereocenters. The molecule has 2 aromatic rings. The molecule has 2 heterocycles. The zero-order valence-electron chi connectivity index (χ0n) is 21.0. The van der Waals surface area contributed by atoms with Crippen LogP contribution in [-0.4, -0.2) is 77.3 Å². The van der Waals surface area contributed by atoms with Gasteiger partial charge in [0, 0.05) is 57.5 Å². The molecule has 11 nitrogen and oxygen atoms in total. The van der Waals surface area contributed by atoms with Gasteiger partial charge in [0.2, 0.25) is 0 Å². The van der Waals surface area contributed by atoms with Crippen molar-refractivity contribution in [3.63, 3.8) is 0 Å². The standard InChI is InChI=1S/C21H28N4O3.2C2H4O2/c1-27-19-7-6-17(12-20(19)28-11-8-22)21(26)24-18-5-3-10-25(15-18)14-16-4-2-9-23-13-16;2*1-2(3)4/h2,4,6-7,9,12-13,18H,3,5,8,10-11,14-15,22H2,1H3,(H,24,26);2*1H3,(H,3,4). The zero-order valence-corrected chi connectivity index (χ0v) is 21.0. The van der Waals surface area contributed by atoms with Crippen molar-refractivity contribution in [1.29, 1.82) is 0 Å². The number of nitrogens with zero attached hydrogens (tertiary/aromatic N) is 2. The normalized spacial score (nSPS) is 14.7. The number of nitrogens with one attached hydrogen (secondary N) is 1. The molecule has 0 radical (unpaired) electrons. The number of piperidine rings is 1. The van der Waals surface area contributed by atoms with Crippen LogP contribution in [0, 0.1) is 0 Å². The van der Waals surface area contributed by atoms with Gasteiger partial charge in [-0.1, -0.05) is 6.07 Å². The molecule has 1 aromatic heterocycles. The van der Waals surface area contributed by atoms with Crippen molar-refractivity contribution in [3.05, 3.63) is 53.9 Å². The summed E-state index contributed by atoms with van der Waals surface area (Å²) in [6, 6.07) is 9.35. The lowest BCUT2D eigenvalue weighted by molar-refractivity contribution is -0.135. The van der Waals surface area contributed by atoms with E-state index in [1.807, 2.05) is 12.3 Å². The van der Waals surface area contributed by atoms with Crippen LogP contribution in [0.2, 0.25) is 0 Å². The first-order valence-electron chi connectivity index (χ1n) is 11.5. The predicted molar refractivity (Wildman–Crippen MR) is 134 cm³/mol. The fourth-order valence-corrected chi connectivity index (χ4v) is 3.44. The summed E-state index contributed by atoms with van der Waals surface area (Å²) in [7, 11) is 1.57. The second-order valence-electron chi connectivity index (χ2n) is 7.95. The molecule has 11 heteroatoms. The van der Waals surface area contributed by atoms with E-state index in [1.54, 1.807) is 31.5 Å². The average molecular weight is 505 g/mol. The monoisotopic (exact) mass is 504 g/mol. The SMILES string of the molecule is CC(=O)O.CC(=O)O.COc1ccc(C(=O)NC2CCCN(Cc3cccnc3)C2)cc1OCCN. The Labute approximate surface area is 211 Å². The van der Waals surface area contributed by atoms with Crippen molar-refractivity contribution < 1.29 is 34.1 Å². The number of hydrogen-bond acceptors (Lipinski definition) is 8. The number of hydrogen-bond donors (Lipinski definition) is 4. The second-order valence-corrected chi connectivity index (χ2v) is 7.95. The molecule has 1 aromatic carbocycles. The molecule has 1 amide bonds. The van der Waals surface area contributed by atoms with Gasteiger partial charge in [-0.3, -0.25) is 24.3 Å². The maximum atomic E-state index is 12.7. The highest BCUT2D eigenvalue weighted by Gasteiger charge is 2.22. The molecule has 0 saturated carbocycles. The van der Waals surface area contributed by atoms with Gasteiger partial charge in [0.1, 0.15) is 6.61 Å². The third-order valence-electron chi connectivity index (χ3n) is 4.77. The van der Waals surface area contributed by atoms with Gasteiger partial charge >= 0.3 is 0 Å². The first-order chi connectivity index (χ1) is 17.2. The Kier molecular flexibility index (Phi) is 14.2. The molecule has 198 valence electrons. The van der Waals surface area contributed by atoms with E-state index >= 15 is 0 Å². The van der Waals surface area contributed by atoms with Gasteiger partial charge < -0.3 is 30.7 Å². The van der Waals surface area contributed by atoms with Crippen LogP contribution in [0.1, 0.15) is 42.6 Å². The summed E-state index contributed by atoms with van der Waals surface area (Å²) in [6.07, 6.45) is 5.70. The van der Waals surface area contributed by atoms with Crippen LogP contribution in [0.5, 0.6) is 11.5 Å². The average Bonchev–Trinajstić information content (AvgIpc) is 2.82. The molecule has 1 unspecified atom stereocenters. The second kappa shape index (κ2) is 16.8. The van der Waals surface area contributed by atoms with E-state index in [1.165, 1.54) is 5.56 Å². The van der Waals surface area contributed by atoms with Gasteiger partial charge in [-0.2, -0.15) is 0 Å². The number of carbonyl (C=O) groups excluding carboxylic acids is 1. The van der Waals surface area contributed by atoms with E-state index < -0.39 is 11.9 Å². The van der Waals surface area contributed by atoms with Crippen LogP contribution in [0.25, 0.3) is 0 Å². The Bertz CT molecular complexity index is 937. The number of carboxylic acid groups (broad SMARTS) is 2. The zero-order chi connectivity index (χ0) is 26.9. The number of amides is 1. The third-order valence-corrected chi connectivity index (χ3v) is 4.77. The number of aliphatic carboxylic acids is 2. The Morgan fingerprint density at radius 1 is 1.17 bits per heavy atom. The lowest BCUT2D eigenvalue weighted by atomic mass is 10.0. The number of pyridine rings is 1. The maximum Gasteiger partial charge on any atom is 0.300 e. The quantitative estimate of drug-likeness (QED) is 0.418. The highest BCUT2D eigenvalue weighted by atomic mass is 16.5. The molecule has 1 aliphatic heterocycles. The number of rotatable bonds is 8. The molecule has 0 aliphatic carbocycles. The summed E-state index contributed by atoms with van der Waals surface area (Å²) < 4.78 is 10.9. The van der Waals surface area contributed by atoms with Crippen LogP contribution in [0.4, 0.5) is 0 Å². The van der Waals surface area contributed by atoms with Crippen LogP contribution in [-0.2, 0) is 16.1 Å². The minimum Gasteiger partial charge on any atom is -0.493 e. The van der Waals surface area contributed by atoms with E-state index in [0.717, 1.165) is 46.3 Å². The summed E-state index contributed by atoms with van der Waals surface area (Å²) >= 11 is 0. The molecule has 1 fully saturated rings. The van der Waals surface area contributed by atoms with Crippen molar-refractivity contribution in [1.82, 2.24) is 15.2 Å². The summed E-state index contributed by atoms with van der Waals surface area (Å²) in [5.41, 5.74) is 7.24. The van der Waals surface area contributed by atoms with Crippen molar-refractivity contribution in [2.24, 2.45) is 5.73 Å². The summed E-state index contributed by atoms with van der Waals surface area (Å²) in [5.74, 6) is -0.652. The van der Waals surface area contributed by atoms with Gasteiger partial charge in [0.05, 0.1) is 7.11 Å². The summed E-state index contributed by atoms with van der Waals surface area (Å²) in [4.78, 5) is 37.3. The molecule has 0 spiro atoms. The Morgan fingerprint density at radius 3 is 2.44 bits per heavy atom. The van der Waals surface area contributed by atoms with Crippen molar-refractivity contribution in [2.45, 2.75) is 39.3 Å². The van der Waals surface area contributed by atoms with Crippen LogP contribution >= 0.6 is 0 Å². The van der Waals surface area contributed by atoms with Crippen molar-refractivity contribution in [2.75, 3.05) is 33.4 Å². The number of aromatic nitrogens is 1. The number of ether oxygens (including phenoxy) is 2. The largest absolute Gasteiger partial charge is 0.493 e. The number of carbonyl (C=O) groups is 3. The minimum absolute atomic E-state index is 0.103. The summed E-state index contributed by atoms with van der Waals surface area (Å²) in [5, 5.41) is 18.0. The van der Waals surface area contributed by atoms with E-state index in [9.17, 15) is 4.79 Å². The van der Waals surface area contributed by atoms with E-state index in [0.29, 0.717) is 30.2 Å². The number of carboxylic acids is 2. The molecular weight excluding hydrogens is 468 g/mol. The first-order valence-corrected chi connectivity index (χ1v) is 11.5. The Hall–Kier alpha value is -3.70. The van der Waals surface area contributed by atoms with Crippen LogP contribution in [0.15, 0.2) is 42.7 Å². The van der Waals surface area contributed by atoms with Crippen LogP contribution < -0.4 is 20.5 Å². The topological polar surface area (TPSA) is 164 Å². The third kappa shape index (κ3) is 12.7. The smallest absolute Gasteiger partial charge is 0.300 e. The molecule has 3 rings (SSSR count). The molecule has 1 aliphatic rings. The van der Waals surface area contributed by atoms with Gasteiger partial charge in [0.15, 0.2) is 11.5 Å². The van der Waals surface area contributed by atoms with Gasteiger partial charge in [0.25, 0.3) is 17.8 Å². The molecule has 0 bridgehead atoms.